The molecule has 0 radical (unpaired) electrons. The number of hydrogen-bond acceptors (Lipinski definition) is 4. The number of fused-ring (bicyclic) bond motifs is 1. The van der Waals surface area contributed by atoms with Crippen LogP contribution in [0, 0.1) is 12.3 Å². The fourth-order valence-electron chi connectivity index (χ4n) is 3.21. The van der Waals surface area contributed by atoms with Gasteiger partial charge < -0.3 is 9.88 Å². The SMILES string of the molecule is C#CCCC1(CCC(=O)NCc2nc3ccccc3n2C2CC2)N=N1. The third kappa shape index (κ3) is 3.41. The van der Waals surface area contributed by atoms with Gasteiger partial charge in [-0.15, -0.1) is 12.3 Å². The molecule has 0 atom stereocenters. The largest absolute Gasteiger partial charge is 0.349 e. The quantitative estimate of drug-likeness (QED) is 0.752. The Hall–Kier alpha value is -2.68. The highest BCUT2D eigenvalue weighted by Gasteiger charge is 2.39. The molecule has 128 valence electrons. The third-order valence-corrected chi connectivity index (χ3v) is 4.83. The van der Waals surface area contributed by atoms with Crippen molar-refractivity contribution in [2.75, 3.05) is 0 Å². The van der Waals surface area contributed by atoms with Crippen molar-refractivity contribution in [1.82, 2.24) is 14.9 Å². The predicted molar refractivity (Wildman–Crippen MR) is 94.7 cm³/mol. The molecule has 1 amide bonds. The number of para-hydroxylation sites is 2. The highest BCUT2D eigenvalue weighted by Crippen LogP contribution is 2.39. The van der Waals surface area contributed by atoms with Gasteiger partial charge in [-0.2, -0.15) is 10.2 Å². The molecule has 2 heterocycles. The fourth-order valence-corrected chi connectivity index (χ4v) is 3.21. The summed E-state index contributed by atoms with van der Waals surface area (Å²) in [6.45, 7) is 0.454. The van der Waals surface area contributed by atoms with Gasteiger partial charge in [0.15, 0.2) is 5.66 Å². The summed E-state index contributed by atoms with van der Waals surface area (Å²) in [5.74, 6) is 3.54. The van der Waals surface area contributed by atoms with Gasteiger partial charge in [0.05, 0.1) is 17.6 Å². The Bertz CT molecular complexity index is 866. The molecule has 0 bridgehead atoms. The van der Waals surface area contributed by atoms with E-state index >= 15 is 0 Å². The Kier molecular flexibility index (Phi) is 4.00. The maximum absolute atomic E-state index is 12.2. The molecule has 1 N–H and O–H groups in total. The topological polar surface area (TPSA) is 71.6 Å². The normalized spacial score (nSPS) is 17.4. The second-order valence-electron chi connectivity index (χ2n) is 6.78. The highest BCUT2D eigenvalue weighted by molar-refractivity contribution is 5.77. The van der Waals surface area contributed by atoms with Crippen LogP contribution < -0.4 is 5.32 Å². The zero-order valence-electron chi connectivity index (χ0n) is 14.1. The highest BCUT2D eigenvalue weighted by atomic mass is 16.1. The van der Waals surface area contributed by atoms with Crippen molar-refractivity contribution < 1.29 is 4.79 Å². The number of nitrogens with zero attached hydrogens (tertiary/aromatic N) is 4. The number of nitrogens with one attached hydrogen (secondary N) is 1. The predicted octanol–water partition coefficient (Wildman–Crippen LogP) is 3.34. The number of carbonyl (C=O) groups is 1. The number of carbonyl (C=O) groups excluding carboxylic acids is 1. The average Bonchev–Trinajstić information content (AvgIpc) is 3.55. The monoisotopic (exact) mass is 335 g/mol. The molecule has 2 aliphatic rings. The molecule has 0 saturated heterocycles. The van der Waals surface area contributed by atoms with Crippen molar-refractivity contribution in [2.24, 2.45) is 10.2 Å². The van der Waals surface area contributed by atoms with Crippen molar-refractivity contribution in [3.8, 4) is 12.3 Å². The summed E-state index contributed by atoms with van der Waals surface area (Å²) >= 11 is 0. The van der Waals surface area contributed by atoms with Gasteiger partial charge in [-0.05, 0) is 25.0 Å². The maximum atomic E-state index is 12.2. The lowest BCUT2D eigenvalue weighted by Gasteiger charge is -2.10. The van der Waals surface area contributed by atoms with Crippen molar-refractivity contribution in [3.05, 3.63) is 30.1 Å². The van der Waals surface area contributed by atoms with E-state index < -0.39 is 5.66 Å². The van der Waals surface area contributed by atoms with Crippen molar-refractivity contribution in [1.29, 1.82) is 0 Å². The summed E-state index contributed by atoms with van der Waals surface area (Å²) in [5.41, 5.74) is 1.74. The molecule has 1 aliphatic heterocycles. The second-order valence-corrected chi connectivity index (χ2v) is 6.78. The lowest BCUT2D eigenvalue weighted by Crippen LogP contribution is -2.26. The van der Waals surface area contributed by atoms with E-state index in [1.54, 1.807) is 0 Å². The molecule has 1 fully saturated rings. The molecule has 25 heavy (non-hydrogen) atoms. The Balaban J connectivity index is 1.35. The molecule has 4 rings (SSSR count). The van der Waals surface area contributed by atoms with E-state index in [1.807, 2.05) is 18.2 Å². The number of aromatic nitrogens is 2. The van der Waals surface area contributed by atoms with Crippen LogP contribution in [0.25, 0.3) is 11.0 Å². The van der Waals surface area contributed by atoms with Crippen molar-refractivity contribution in [2.45, 2.75) is 56.8 Å². The summed E-state index contributed by atoms with van der Waals surface area (Å²) in [7, 11) is 0. The van der Waals surface area contributed by atoms with E-state index in [0.29, 0.717) is 31.8 Å². The van der Waals surface area contributed by atoms with Gasteiger partial charge in [-0.1, -0.05) is 12.1 Å². The van der Waals surface area contributed by atoms with E-state index in [0.717, 1.165) is 23.3 Å². The van der Waals surface area contributed by atoms with Gasteiger partial charge >= 0.3 is 0 Å². The number of imidazole rings is 1. The molecule has 1 aromatic carbocycles. The first-order chi connectivity index (χ1) is 12.2. The minimum absolute atomic E-state index is 0.00628. The molecule has 0 unspecified atom stereocenters. The van der Waals surface area contributed by atoms with Gasteiger partial charge in [0.25, 0.3) is 0 Å². The zero-order chi connectivity index (χ0) is 17.3. The molecular formula is C19H21N5O. The summed E-state index contributed by atoms with van der Waals surface area (Å²) in [6, 6.07) is 8.66. The summed E-state index contributed by atoms with van der Waals surface area (Å²) in [5, 5.41) is 11.1. The molecule has 1 saturated carbocycles. The van der Waals surface area contributed by atoms with Crippen LogP contribution in [0.5, 0.6) is 0 Å². The summed E-state index contributed by atoms with van der Waals surface area (Å²) in [4.78, 5) is 16.9. The Morgan fingerprint density at radius 2 is 2.12 bits per heavy atom. The Morgan fingerprint density at radius 3 is 2.84 bits per heavy atom. The van der Waals surface area contributed by atoms with Crippen LogP contribution in [-0.2, 0) is 11.3 Å². The minimum Gasteiger partial charge on any atom is -0.349 e. The molecular weight excluding hydrogens is 314 g/mol. The first kappa shape index (κ1) is 15.8. The second kappa shape index (κ2) is 6.32. The minimum atomic E-state index is -0.398. The first-order valence-electron chi connectivity index (χ1n) is 8.81. The van der Waals surface area contributed by atoms with Crippen LogP contribution in [0.1, 0.15) is 50.4 Å². The van der Waals surface area contributed by atoms with Gasteiger partial charge in [-0.3, -0.25) is 4.79 Å². The third-order valence-electron chi connectivity index (χ3n) is 4.83. The summed E-state index contributed by atoms with van der Waals surface area (Å²) < 4.78 is 2.27. The van der Waals surface area contributed by atoms with Crippen LogP contribution in [-0.4, -0.2) is 21.1 Å². The number of amides is 1. The van der Waals surface area contributed by atoms with E-state index in [2.05, 4.69) is 32.1 Å². The molecule has 6 nitrogen and oxygen atoms in total. The van der Waals surface area contributed by atoms with E-state index in [-0.39, 0.29) is 5.91 Å². The lowest BCUT2D eigenvalue weighted by atomic mass is 10.0. The van der Waals surface area contributed by atoms with Crippen LogP contribution in [0.2, 0.25) is 0 Å². The Morgan fingerprint density at radius 1 is 1.32 bits per heavy atom. The van der Waals surface area contributed by atoms with E-state index in [1.165, 1.54) is 12.8 Å². The van der Waals surface area contributed by atoms with E-state index in [9.17, 15) is 4.79 Å². The van der Waals surface area contributed by atoms with Gasteiger partial charge in [0.1, 0.15) is 5.82 Å². The number of rotatable bonds is 8. The first-order valence-corrected chi connectivity index (χ1v) is 8.81. The van der Waals surface area contributed by atoms with Crippen molar-refractivity contribution >= 4 is 16.9 Å². The average molecular weight is 335 g/mol. The van der Waals surface area contributed by atoms with Crippen LogP contribution in [0.3, 0.4) is 0 Å². The lowest BCUT2D eigenvalue weighted by molar-refractivity contribution is -0.121. The zero-order valence-corrected chi connectivity index (χ0v) is 14.1. The summed E-state index contributed by atoms with van der Waals surface area (Å²) in [6.07, 6.45) is 10.0. The molecule has 0 spiro atoms. The number of terminal acetylenes is 1. The molecule has 2 aromatic rings. The molecule has 6 heteroatoms. The maximum Gasteiger partial charge on any atom is 0.220 e. The fraction of sp³-hybridized carbons (Fsp3) is 0.474. The standard InChI is InChI=1S/C19H21N5O/c1-2-3-11-19(22-23-19)12-10-18(25)20-13-17-21-15-6-4-5-7-16(15)24(17)14-8-9-14/h1,4-7,14H,3,8-13H2,(H,20,25). The number of hydrogen-bond donors (Lipinski definition) is 1. The molecule has 1 aromatic heterocycles. The molecule has 1 aliphatic carbocycles. The van der Waals surface area contributed by atoms with Gasteiger partial charge in [0.2, 0.25) is 5.91 Å². The van der Waals surface area contributed by atoms with Crippen LogP contribution in [0.4, 0.5) is 0 Å². The van der Waals surface area contributed by atoms with E-state index in [4.69, 9.17) is 11.4 Å². The Labute approximate surface area is 146 Å². The smallest absolute Gasteiger partial charge is 0.220 e. The van der Waals surface area contributed by atoms with Gasteiger partial charge in [-0.25, -0.2) is 4.98 Å². The van der Waals surface area contributed by atoms with Crippen molar-refractivity contribution in [3.63, 3.8) is 0 Å². The van der Waals surface area contributed by atoms with Crippen LogP contribution in [0.15, 0.2) is 34.5 Å². The number of benzene rings is 1. The van der Waals surface area contributed by atoms with Crippen LogP contribution >= 0.6 is 0 Å². The van der Waals surface area contributed by atoms with Gasteiger partial charge in [0, 0.05) is 31.7 Å².